The summed E-state index contributed by atoms with van der Waals surface area (Å²) in [4.78, 5) is 22.5. The van der Waals surface area contributed by atoms with Crippen LogP contribution in [-0.4, -0.2) is 24.8 Å². The van der Waals surface area contributed by atoms with Gasteiger partial charge in [-0.05, 0) is 72.9 Å². The number of nitrogens with zero attached hydrogens (tertiary/aromatic N) is 2. The first-order valence-electron chi connectivity index (χ1n) is 13.2. The smallest absolute Gasteiger partial charge is 0.381 e. The highest BCUT2D eigenvalue weighted by Crippen LogP contribution is 2.37. The second-order valence-corrected chi connectivity index (χ2v) is 10.5. The summed E-state index contributed by atoms with van der Waals surface area (Å²) in [5.74, 6) is 2.02. The van der Waals surface area contributed by atoms with Crippen molar-refractivity contribution >= 4 is 5.78 Å². The molecule has 4 nitrogen and oxygen atoms in total. The summed E-state index contributed by atoms with van der Waals surface area (Å²) in [5.41, 5.74) is 0.893. The molecule has 0 amide bonds. The van der Waals surface area contributed by atoms with Crippen LogP contribution in [-0.2, 0) is 23.7 Å². The molecule has 0 aromatic heterocycles. The van der Waals surface area contributed by atoms with Gasteiger partial charge < -0.3 is 4.90 Å². The van der Waals surface area contributed by atoms with Gasteiger partial charge in [0.25, 0.3) is 0 Å². The average Bonchev–Trinajstić information content (AvgIpc) is 3.31. The Kier molecular flexibility index (Phi) is 11.9. The van der Waals surface area contributed by atoms with Crippen LogP contribution in [0.4, 0.5) is 26.3 Å². The lowest BCUT2D eigenvalue weighted by Crippen LogP contribution is -2.12. The van der Waals surface area contributed by atoms with E-state index >= 15 is 0 Å². The van der Waals surface area contributed by atoms with Crippen LogP contribution in [0.3, 0.4) is 0 Å². The summed E-state index contributed by atoms with van der Waals surface area (Å²) in [6.45, 7) is 3.89. The predicted octanol–water partition coefficient (Wildman–Crippen LogP) is 9.07. The van der Waals surface area contributed by atoms with E-state index in [-0.39, 0.29) is 11.8 Å². The lowest BCUT2D eigenvalue weighted by Gasteiger charge is -2.28. The molecule has 2 aromatic carbocycles. The zero-order valence-electron chi connectivity index (χ0n) is 23.2. The fourth-order valence-corrected chi connectivity index (χ4v) is 4.88. The summed E-state index contributed by atoms with van der Waals surface area (Å²) >= 11 is 0. The van der Waals surface area contributed by atoms with Crippen molar-refractivity contribution in [3.63, 3.8) is 0 Å². The van der Waals surface area contributed by atoms with Crippen LogP contribution in [0.2, 0.25) is 0 Å². The maximum absolute atomic E-state index is 12.3. The summed E-state index contributed by atoms with van der Waals surface area (Å²) in [5, 5.41) is 2.27. The molecule has 0 radical (unpaired) electrons. The summed E-state index contributed by atoms with van der Waals surface area (Å²) < 4.78 is 73.8. The molecule has 0 spiro atoms. The SMILES string of the molecule is CN(C)C1=CC(=O)CC1.Cc1ccccc1[C@@H]1CCCC(C)C1.O=NCc1cc(C(F)(F)F)cc(C(F)(F)F)c1. The average molecular weight is 571 g/mol. The highest BCUT2D eigenvalue weighted by atomic mass is 19.4. The Morgan fingerprint density at radius 1 is 0.925 bits per heavy atom. The van der Waals surface area contributed by atoms with Crippen LogP contribution in [0.1, 0.15) is 79.2 Å². The number of ketones is 1. The standard InChI is InChI=1S/C14H20.C9H5F6NO.C7H11NO/c1-11-6-5-8-13(10-11)14-9-4-3-7-12(14)2;10-8(11,12)6-1-5(4-16-17)2-7(3-6)9(13,14)15;1-8(2)6-3-4-7(9)5-6/h3-4,7,9,11,13H,5-6,8,10H2,1-2H3;1-3H,4H2;5H,3-4H2,1-2H3/t11?,13-;;/m1../s1. The van der Waals surface area contributed by atoms with Crippen molar-refractivity contribution in [2.75, 3.05) is 14.1 Å². The van der Waals surface area contributed by atoms with Gasteiger partial charge in [-0.2, -0.15) is 31.2 Å². The van der Waals surface area contributed by atoms with Crippen molar-refractivity contribution in [2.24, 2.45) is 11.1 Å². The number of allylic oxidation sites excluding steroid dienone is 2. The molecular formula is C30H36F6N2O2. The first-order valence-corrected chi connectivity index (χ1v) is 13.2. The van der Waals surface area contributed by atoms with E-state index in [2.05, 4.69) is 43.3 Å². The fraction of sp³-hybridized carbons (Fsp3) is 0.500. The van der Waals surface area contributed by atoms with Gasteiger partial charge in [0.05, 0.1) is 11.1 Å². The zero-order valence-corrected chi connectivity index (χ0v) is 23.2. The highest BCUT2D eigenvalue weighted by molar-refractivity contribution is 5.92. The van der Waals surface area contributed by atoms with Crippen molar-refractivity contribution in [2.45, 2.75) is 77.2 Å². The Bertz CT molecular complexity index is 1140. The van der Waals surface area contributed by atoms with Crippen LogP contribution in [0.15, 0.2) is 59.4 Å². The molecule has 10 heteroatoms. The third kappa shape index (κ3) is 10.4. The molecule has 2 aliphatic rings. The normalized spacial score (nSPS) is 19.1. The van der Waals surface area contributed by atoms with Gasteiger partial charge in [0.2, 0.25) is 0 Å². The van der Waals surface area contributed by atoms with Gasteiger partial charge >= 0.3 is 12.4 Å². The lowest BCUT2D eigenvalue weighted by atomic mass is 9.78. The van der Waals surface area contributed by atoms with Crippen LogP contribution >= 0.6 is 0 Å². The van der Waals surface area contributed by atoms with E-state index in [0.29, 0.717) is 18.6 Å². The maximum Gasteiger partial charge on any atom is 0.416 e. The monoisotopic (exact) mass is 570 g/mol. The molecule has 1 unspecified atom stereocenters. The number of rotatable bonds is 4. The molecular weight excluding hydrogens is 534 g/mol. The number of alkyl halides is 6. The van der Waals surface area contributed by atoms with E-state index in [1.807, 2.05) is 19.0 Å². The van der Waals surface area contributed by atoms with Crippen LogP contribution < -0.4 is 0 Å². The number of halogens is 6. The second-order valence-electron chi connectivity index (χ2n) is 10.5. The molecule has 0 bridgehead atoms. The lowest BCUT2D eigenvalue weighted by molar-refractivity contribution is -0.143. The molecule has 220 valence electrons. The molecule has 0 saturated heterocycles. The molecule has 0 N–H and O–H groups in total. The Balaban J connectivity index is 0.000000220. The van der Waals surface area contributed by atoms with Crippen molar-refractivity contribution in [3.05, 3.63) is 87.0 Å². The van der Waals surface area contributed by atoms with Crippen LogP contribution in [0.5, 0.6) is 0 Å². The van der Waals surface area contributed by atoms with Gasteiger partial charge in [-0.25, -0.2) is 0 Å². The first kappa shape index (κ1) is 33.0. The largest absolute Gasteiger partial charge is 0.416 e. The first-order chi connectivity index (χ1) is 18.6. The molecule has 1 saturated carbocycles. The number of benzene rings is 2. The molecule has 0 aliphatic heterocycles. The number of hydrogen-bond donors (Lipinski definition) is 0. The Hall–Kier alpha value is -3.17. The van der Waals surface area contributed by atoms with E-state index in [9.17, 15) is 36.0 Å². The van der Waals surface area contributed by atoms with Crippen molar-refractivity contribution in [1.29, 1.82) is 0 Å². The third-order valence-corrected chi connectivity index (χ3v) is 6.99. The van der Waals surface area contributed by atoms with Crippen molar-refractivity contribution < 1.29 is 31.1 Å². The third-order valence-electron chi connectivity index (χ3n) is 6.99. The van der Waals surface area contributed by atoms with E-state index < -0.39 is 35.6 Å². The van der Waals surface area contributed by atoms with Crippen molar-refractivity contribution in [3.8, 4) is 0 Å². The molecule has 4 rings (SSSR count). The second kappa shape index (κ2) is 14.5. The summed E-state index contributed by atoms with van der Waals surface area (Å²) in [7, 11) is 3.93. The molecule has 2 aromatic rings. The van der Waals surface area contributed by atoms with Gasteiger partial charge in [0.1, 0.15) is 6.54 Å². The minimum absolute atomic E-state index is 0.00565. The number of nitroso groups, excluding NO2 is 1. The Morgan fingerprint density at radius 2 is 1.52 bits per heavy atom. The molecule has 2 aliphatic carbocycles. The molecule has 1 fully saturated rings. The van der Waals surface area contributed by atoms with E-state index in [0.717, 1.165) is 24.0 Å². The molecule has 0 heterocycles. The quantitative estimate of drug-likeness (QED) is 0.272. The number of carbonyl (C=O) groups excluding carboxylic acids is 1. The number of hydrogen-bond acceptors (Lipinski definition) is 4. The van der Waals surface area contributed by atoms with Gasteiger partial charge in [0.15, 0.2) is 5.78 Å². The van der Waals surface area contributed by atoms with Gasteiger partial charge in [-0.1, -0.05) is 49.2 Å². The maximum atomic E-state index is 12.3. The van der Waals surface area contributed by atoms with E-state index in [1.54, 1.807) is 11.6 Å². The Labute approximate surface area is 231 Å². The number of aryl methyl sites for hydroxylation is 1. The Morgan fingerprint density at radius 3 is 1.95 bits per heavy atom. The molecule has 2 atom stereocenters. The van der Waals surface area contributed by atoms with Gasteiger partial charge in [-0.15, -0.1) is 0 Å². The van der Waals surface area contributed by atoms with Crippen LogP contribution in [0, 0.1) is 17.7 Å². The summed E-state index contributed by atoms with van der Waals surface area (Å²) in [6, 6.07) is 9.82. The van der Waals surface area contributed by atoms with Gasteiger partial charge in [-0.3, -0.25) is 4.79 Å². The minimum Gasteiger partial charge on any atom is -0.381 e. The van der Waals surface area contributed by atoms with Crippen LogP contribution in [0.25, 0.3) is 0 Å². The predicted molar refractivity (Wildman–Crippen MR) is 144 cm³/mol. The molecule has 40 heavy (non-hydrogen) atoms. The van der Waals surface area contributed by atoms with Crippen molar-refractivity contribution in [1.82, 2.24) is 4.90 Å². The fourth-order valence-electron chi connectivity index (χ4n) is 4.88. The van der Waals surface area contributed by atoms with E-state index in [1.165, 1.54) is 31.2 Å². The van der Waals surface area contributed by atoms with Gasteiger partial charge in [0, 0.05) is 32.3 Å². The number of carbonyl (C=O) groups is 1. The topological polar surface area (TPSA) is 49.7 Å². The minimum atomic E-state index is -4.90. The highest BCUT2D eigenvalue weighted by Gasteiger charge is 2.36. The zero-order chi connectivity index (χ0) is 30.1. The summed E-state index contributed by atoms with van der Waals surface area (Å²) in [6.07, 6.45) is -0.820. The van der Waals surface area contributed by atoms with E-state index in [4.69, 9.17) is 0 Å².